The molecule has 0 aromatic heterocycles. The Morgan fingerprint density at radius 1 is 1.19 bits per heavy atom. The Bertz CT molecular complexity index is 342. The Morgan fingerprint density at radius 2 is 1.94 bits per heavy atom. The average molecular weight is 288 g/mol. The molecule has 0 amide bonds. The van der Waals surface area contributed by atoms with Crippen molar-refractivity contribution >= 4 is 15.9 Å². The largest absolute Gasteiger partial charge is 0.497 e. The Hall–Kier alpha value is -0.740. The van der Waals surface area contributed by atoms with Crippen molar-refractivity contribution in [3.63, 3.8) is 0 Å². The molecule has 0 atom stereocenters. The van der Waals surface area contributed by atoms with E-state index in [4.69, 9.17) is 15.2 Å². The number of halogens is 1. The number of unbranched alkanes of at least 4 members (excludes halogenated alkanes) is 1. The number of nitrogens with two attached hydrogens (primary N) is 1. The molecule has 0 saturated carbocycles. The third kappa shape index (κ3) is 3.39. The van der Waals surface area contributed by atoms with Crippen LogP contribution in [0.2, 0.25) is 0 Å². The average Bonchev–Trinajstić information content (AvgIpc) is 2.29. The number of hydrogen-bond acceptors (Lipinski definition) is 3. The lowest BCUT2D eigenvalue weighted by Crippen LogP contribution is -2.00. The third-order valence-corrected chi connectivity index (χ3v) is 3.02. The molecule has 0 unspecified atom stereocenters. The summed E-state index contributed by atoms with van der Waals surface area (Å²) >= 11 is 3.48. The van der Waals surface area contributed by atoms with Gasteiger partial charge in [0.15, 0.2) is 0 Å². The second-order valence-electron chi connectivity index (χ2n) is 3.55. The van der Waals surface area contributed by atoms with Crippen LogP contribution in [0.4, 0.5) is 0 Å². The van der Waals surface area contributed by atoms with Crippen LogP contribution in [0.15, 0.2) is 16.6 Å². The minimum Gasteiger partial charge on any atom is -0.497 e. The normalized spacial score (nSPS) is 10.2. The molecule has 16 heavy (non-hydrogen) atoms. The molecule has 90 valence electrons. The monoisotopic (exact) mass is 287 g/mol. The van der Waals surface area contributed by atoms with Crippen molar-refractivity contribution < 1.29 is 9.47 Å². The highest BCUT2D eigenvalue weighted by atomic mass is 79.9. The molecule has 0 fully saturated rings. The van der Waals surface area contributed by atoms with Gasteiger partial charge in [-0.2, -0.15) is 0 Å². The van der Waals surface area contributed by atoms with E-state index in [0.717, 1.165) is 47.3 Å². The molecule has 2 N–H and O–H groups in total. The maximum absolute atomic E-state index is 5.48. The zero-order valence-corrected chi connectivity index (χ0v) is 11.3. The minimum atomic E-state index is 0.730. The van der Waals surface area contributed by atoms with E-state index in [1.807, 2.05) is 12.1 Å². The van der Waals surface area contributed by atoms with Crippen LogP contribution in [-0.2, 0) is 6.42 Å². The van der Waals surface area contributed by atoms with Crippen molar-refractivity contribution in [3.8, 4) is 11.5 Å². The summed E-state index contributed by atoms with van der Waals surface area (Å²) in [6, 6.07) is 3.92. The topological polar surface area (TPSA) is 44.5 Å². The number of benzene rings is 1. The van der Waals surface area contributed by atoms with Gasteiger partial charge in [-0.05, 0) is 59.4 Å². The Labute approximate surface area is 105 Å². The second-order valence-corrected chi connectivity index (χ2v) is 4.40. The van der Waals surface area contributed by atoms with Gasteiger partial charge in [-0.1, -0.05) is 0 Å². The molecule has 0 aliphatic heterocycles. The first-order chi connectivity index (χ1) is 7.72. The molecule has 0 heterocycles. The summed E-state index contributed by atoms with van der Waals surface area (Å²) in [5.74, 6) is 1.73. The molecular weight excluding hydrogens is 270 g/mol. The van der Waals surface area contributed by atoms with Gasteiger partial charge in [0.2, 0.25) is 0 Å². The summed E-state index contributed by atoms with van der Waals surface area (Å²) in [5.41, 5.74) is 6.64. The third-order valence-electron chi connectivity index (χ3n) is 2.43. The predicted octanol–water partition coefficient (Wildman–Crippen LogP) is 2.75. The van der Waals surface area contributed by atoms with Gasteiger partial charge in [-0.25, -0.2) is 0 Å². The number of ether oxygens (including phenoxy) is 2. The van der Waals surface area contributed by atoms with E-state index in [9.17, 15) is 0 Å². The summed E-state index contributed by atoms with van der Waals surface area (Å²) in [6.45, 7) is 0.730. The van der Waals surface area contributed by atoms with Crippen molar-refractivity contribution in [2.75, 3.05) is 20.8 Å². The summed E-state index contributed by atoms with van der Waals surface area (Å²) in [7, 11) is 3.34. The summed E-state index contributed by atoms with van der Waals surface area (Å²) in [4.78, 5) is 0. The van der Waals surface area contributed by atoms with E-state index in [0.29, 0.717) is 0 Å². The molecule has 0 saturated heterocycles. The Kier molecular flexibility index (Phi) is 5.63. The fourth-order valence-electron chi connectivity index (χ4n) is 1.61. The molecule has 4 heteroatoms. The maximum Gasteiger partial charge on any atom is 0.136 e. The maximum atomic E-state index is 5.48. The van der Waals surface area contributed by atoms with Crippen LogP contribution >= 0.6 is 15.9 Å². The SMILES string of the molecule is COc1cc(Br)c(OC)c(CCCCN)c1. The highest BCUT2D eigenvalue weighted by Gasteiger charge is 2.09. The molecule has 3 nitrogen and oxygen atoms in total. The second kappa shape index (κ2) is 6.76. The summed E-state index contributed by atoms with van der Waals surface area (Å²) in [5, 5.41) is 0. The fourth-order valence-corrected chi connectivity index (χ4v) is 2.26. The first kappa shape index (κ1) is 13.3. The molecular formula is C12H18BrNO2. The summed E-state index contributed by atoms with van der Waals surface area (Å²) in [6.07, 6.45) is 3.04. The number of hydrogen-bond donors (Lipinski definition) is 1. The smallest absolute Gasteiger partial charge is 0.136 e. The number of rotatable bonds is 6. The lowest BCUT2D eigenvalue weighted by molar-refractivity contribution is 0.395. The van der Waals surface area contributed by atoms with Crippen LogP contribution in [-0.4, -0.2) is 20.8 Å². The molecule has 0 bridgehead atoms. The van der Waals surface area contributed by atoms with E-state index in [1.54, 1.807) is 14.2 Å². The highest BCUT2D eigenvalue weighted by Crippen LogP contribution is 2.34. The van der Waals surface area contributed by atoms with Gasteiger partial charge in [-0.15, -0.1) is 0 Å². The van der Waals surface area contributed by atoms with Gasteiger partial charge in [0.25, 0.3) is 0 Å². The van der Waals surface area contributed by atoms with Crippen molar-refractivity contribution in [1.29, 1.82) is 0 Å². The van der Waals surface area contributed by atoms with Crippen molar-refractivity contribution in [2.24, 2.45) is 5.73 Å². The minimum absolute atomic E-state index is 0.730. The van der Waals surface area contributed by atoms with E-state index >= 15 is 0 Å². The molecule has 0 aliphatic carbocycles. The van der Waals surface area contributed by atoms with Gasteiger partial charge in [0.05, 0.1) is 18.7 Å². The molecule has 0 radical (unpaired) electrons. The highest BCUT2D eigenvalue weighted by molar-refractivity contribution is 9.10. The van der Waals surface area contributed by atoms with Crippen molar-refractivity contribution in [3.05, 3.63) is 22.2 Å². The van der Waals surface area contributed by atoms with Gasteiger partial charge in [-0.3, -0.25) is 0 Å². The zero-order chi connectivity index (χ0) is 12.0. The van der Waals surface area contributed by atoms with Gasteiger partial charge < -0.3 is 15.2 Å². The van der Waals surface area contributed by atoms with Gasteiger partial charge in [0, 0.05) is 0 Å². The lowest BCUT2D eigenvalue weighted by Gasteiger charge is -2.12. The lowest BCUT2D eigenvalue weighted by atomic mass is 10.1. The van der Waals surface area contributed by atoms with Crippen LogP contribution in [0.25, 0.3) is 0 Å². The van der Waals surface area contributed by atoms with E-state index in [1.165, 1.54) is 0 Å². The van der Waals surface area contributed by atoms with E-state index < -0.39 is 0 Å². The van der Waals surface area contributed by atoms with Crippen molar-refractivity contribution in [2.45, 2.75) is 19.3 Å². The summed E-state index contributed by atoms with van der Waals surface area (Å²) < 4.78 is 11.5. The van der Waals surface area contributed by atoms with Crippen LogP contribution in [0.3, 0.4) is 0 Å². The van der Waals surface area contributed by atoms with Crippen LogP contribution in [0.5, 0.6) is 11.5 Å². The molecule has 1 aromatic carbocycles. The number of aryl methyl sites for hydroxylation is 1. The predicted molar refractivity (Wildman–Crippen MR) is 69.2 cm³/mol. The van der Waals surface area contributed by atoms with E-state index in [-0.39, 0.29) is 0 Å². The Morgan fingerprint density at radius 3 is 2.50 bits per heavy atom. The molecule has 0 spiro atoms. The van der Waals surface area contributed by atoms with Crippen LogP contribution in [0, 0.1) is 0 Å². The van der Waals surface area contributed by atoms with Gasteiger partial charge in [0.1, 0.15) is 11.5 Å². The molecule has 1 aromatic rings. The first-order valence-electron chi connectivity index (χ1n) is 5.33. The van der Waals surface area contributed by atoms with Gasteiger partial charge >= 0.3 is 0 Å². The standard InChI is InChI=1S/C12H18BrNO2/c1-15-10-7-9(5-3-4-6-14)12(16-2)11(13)8-10/h7-8H,3-6,14H2,1-2H3. The quantitative estimate of drug-likeness (QED) is 0.819. The van der Waals surface area contributed by atoms with Crippen LogP contribution < -0.4 is 15.2 Å². The van der Waals surface area contributed by atoms with E-state index in [2.05, 4.69) is 15.9 Å². The molecule has 0 aliphatic rings. The fraction of sp³-hybridized carbons (Fsp3) is 0.500. The Balaban J connectivity index is 2.89. The zero-order valence-electron chi connectivity index (χ0n) is 9.75. The molecule has 1 rings (SSSR count). The van der Waals surface area contributed by atoms with Crippen LogP contribution in [0.1, 0.15) is 18.4 Å². The first-order valence-corrected chi connectivity index (χ1v) is 6.12. The van der Waals surface area contributed by atoms with Crippen molar-refractivity contribution in [1.82, 2.24) is 0 Å². The number of methoxy groups -OCH3 is 2.